The molecule has 0 saturated carbocycles. The van der Waals surface area contributed by atoms with Crippen LogP contribution in [0.5, 0.6) is 0 Å². The number of carbonyl (C=O) groups is 2. The summed E-state index contributed by atoms with van der Waals surface area (Å²) in [6.45, 7) is 6.13. The molecule has 3 aliphatic rings. The Morgan fingerprint density at radius 3 is 2.41 bits per heavy atom. The van der Waals surface area contributed by atoms with Crippen molar-refractivity contribution in [2.75, 3.05) is 50.6 Å². The Balaban J connectivity index is 1.53. The van der Waals surface area contributed by atoms with Crippen LogP contribution in [0.15, 0.2) is 47.0 Å². The molecule has 0 aliphatic carbocycles. The van der Waals surface area contributed by atoms with Gasteiger partial charge in [-0.05, 0) is 57.8 Å². The molecule has 1 unspecified atom stereocenters. The summed E-state index contributed by atoms with van der Waals surface area (Å²) in [5.74, 6) is -5.51. The second kappa shape index (κ2) is 12.4. The number of ether oxygens (including phenoxy) is 1. The molecule has 236 valence electrons. The fourth-order valence-electron chi connectivity index (χ4n) is 5.67. The van der Waals surface area contributed by atoms with E-state index in [0.29, 0.717) is 49.8 Å². The van der Waals surface area contributed by atoms with Crippen LogP contribution < -0.4 is 10.2 Å². The van der Waals surface area contributed by atoms with E-state index in [4.69, 9.17) is 4.74 Å². The molecule has 3 aliphatic heterocycles. The van der Waals surface area contributed by atoms with Crippen LogP contribution in [0.3, 0.4) is 0 Å². The van der Waals surface area contributed by atoms with Crippen molar-refractivity contribution in [2.45, 2.75) is 44.7 Å². The molecule has 0 spiro atoms. The van der Waals surface area contributed by atoms with Gasteiger partial charge in [-0.1, -0.05) is 6.07 Å². The standard InChI is InChI=1S/C31H34F5N5O3/c1-17-12-41(13-18(2)40(17)4)27-8-5-19(21-6-7-25(32)23(29(21)33)14-39(3)20-15-44-16-20)9-26(27)38-30(43)22-11-37-28(42)10-24(22)31(34,35)36/h5-11,17-18,20,22H,12-16H2,1-4H3,(H,38,43)/t17-,18+,22?. The summed E-state index contributed by atoms with van der Waals surface area (Å²) in [7, 11) is 3.75. The number of carbonyl (C=O) groups excluding carboxylic acids is 2. The number of anilines is 2. The topological polar surface area (TPSA) is 77.5 Å². The average Bonchev–Trinajstić information content (AvgIpc) is 2.92. The third-order valence-electron chi connectivity index (χ3n) is 8.68. The van der Waals surface area contributed by atoms with Crippen LogP contribution in [0, 0.1) is 17.6 Å². The number of benzene rings is 2. The van der Waals surface area contributed by atoms with Crippen molar-refractivity contribution in [1.82, 2.24) is 9.80 Å². The maximum atomic E-state index is 15.9. The first-order valence-electron chi connectivity index (χ1n) is 14.3. The highest BCUT2D eigenvalue weighted by Gasteiger charge is 2.43. The van der Waals surface area contributed by atoms with Gasteiger partial charge >= 0.3 is 6.18 Å². The first-order chi connectivity index (χ1) is 20.7. The number of rotatable bonds is 7. The third kappa shape index (κ3) is 6.40. The van der Waals surface area contributed by atoms with Crippen LogP contribution in [-0.4, -0.2) is 92.5 Å². The fourth-order valence-corrected chi connectivity index (χ4v) is 5.67. The number of amides is 2. The molecule has 2 saturated heterocycles. The highest BCUT2D eigenvalue weighted by Crippen LogP contribution is 2.38. The number of hydrogen-bond acceptors (Lipinski definition) is 6. The molecule has 0 radical (unpaired) electrons. The van der Waals surface area contributed by atoms with Gasteiger partial charge < -0.3 is 15.0 Å². The molecule has 2 fully saturated rings. The van der Waals surface area contributed by atoms with Gasteiger partial charge in [-0.15, -0.1) is 0 Å². The summed E-state index contributed by atoms with van der Waals surface area (Å²) in [4.78, 5) is 34.4. The average molecular weight is 620 g/mol. The molecule has 5 rings (SSSR count). The highest BCUT2D eigenvalue weighted by atomic mass is 19.4. The van der Waals surface area contributed by atoms with E-state index >= 15 is 4.39 Å². The molecule has 3 atom stereocenters. The number of piperazine rings is 1. The van der Waals surface area contributed by atoms with Gasteiger partial charge in [-0.2, -0.15) is 13.2 Å². The molecule has 13 heteroatoms. The van der Waals surface area contributed by atoms with Crippen molar-refractivity contribution < 1.29 is 36.3 Å². The lowest BCUT2D eigenvalue weighted by molar-refractivity contribution is -0.124. The summed E-state index contributed by atoms with van der Waals surface area (Å²) in [6.07, 6.45) is -3.95. The molecule has 0 aromatic heterocycles. The lowest BCUT2D eigenvalue weighted by atomic mass is 9.95. The zero-order valence-electron chi connectivity index (χ0n) is 24.8. The van der Waals surface area contributed by atoms with E-state index in [1.54, 1.807) is 24.1 Å². The Morgan fingerprint density at radius 2 is 1.80 bits per heavy atom. The number of nitrogens with zero attached hydrogens (tertiary/aromatic N) is 4. The molecule has 2 amide bonds. The molecular formula is C31H34F5N5O3. The van der Waals surface area contributed by atoms with Gasteiger partial charge in [-0.3, -0.25) is 19.4 Å². The monoisotopic (exact) mass is 619 g/mol. The summed E-state index contributed by atoms with van der Waals surface area (Å²) in [6, 6.07) is 7.55. The van der Waals surface area contributed by atoms with E-state index in [9.17, 15) is 27.2 Å². The van der Waals surface area contributed by atoms with Crippen molar-refractivity contribution in [2.24, 2.45) is 10.9 Å². The lowest BCUT2D eigenvalue weighted by Crippen LogP contribution is -2.55. The molecular weight excluding hydrogens is 585 g/mol. The first kappa shape index (κ1) is 31.7. The number of hydrogen-bond donors (Lipinski definition) is 1. The minimum atomic E-state index is -4.94. The minimum Gasteiger partial charge on any atom is -0.378 e. The number of likely N-dealkylation sites (N-methyl/N-ethyl adjacent to an activating group) is 2. The van der Waals surface area contributed by atoms with Gasteiger partial charge in [-0.25, -0.2) is 13.8 Å². The van der Waals surface area contributed by atoms with E-state index in [2.05, 4.69) is 15.2 Å². The molecule has 2 aromatic rings. The third-order valence-corrected chi connectivity index (χ3v) is 8.68. The second-order valence-electron chi connectivity index (χ2n) is 11.7. The van der Waals surface area contributed by atoms with Crippen LogP contribution in [0.2, 0.25) is 0 Å². The van der Waals surface area contributed by atoms with E-state index in [0.717, 1.165) is 0 Å². The SMILES string of the molecule is C[C@@H]1CN(c2ccc(-c3ccc(F)c(CN(C)C4COC4)c3F)cc2NC(=O)C2C=NC(=O)C=C2C(F)(F)F)C[C@H](C)N1C. The number of nitrogens with one attached hydrogen (secondary N) is 1. The van der Waals surface area contributed by atoms with Crippen LogP contribution in [0.4, 0.5) is 33.3 Å². The van der Waals surface area contributed by atoms with Crippen LogP contribution >= 0.6 is 0 Å². The molecule has 8 nitrogen and oxygen atoms in total. The van der Waals surface area contributed by atoms with E-state index in [1.165, 1.54) is 18.2 Å². The van der Waals surface area contributed by atoms with Crippen molar-refractivity contribution >= 4 is 29.4 Å². The van der Waals surface area contributed by atoms with E-state index in [1.807, 2.05) is 25.8 Å². The predicted molar refractivity (Wildman–Crippen MR) is 157 cm³/mol. The van der Waals surface area contributed by atoms with Crippen molar-refractivity contribution in [3.8, 4) is 11.1 Å². The Hall–Kier alpha value is -3.68. The number of halogens is 5. The van der Waals surface area contributed by atoms with Crippen LogP contribution in [0.25, 0.3) is 11.1 Å². The molecule has 1 N–H and O–H groups in total. The lowest BCUT2D eigenvalue weighted by Gasteiger charge is -2.44. The van der Waals surface area contributed by atoms with E-state index < -0.39 is 41.1 Å². The largest absolute Gasteiger partial charge is 0.414 e. The number of dihydropyridines is 1. The highest BCUT2D eigenvalue weighted by molar-refractivity contribution is 6.11. The predicted octanol–water partition coefficient (Wildman–Crippen LogP) is 4.65. The Morgan fingerprint density at radius 1 is 1.11 bits per heavy atom. The molecule has 44 heavy (non-hydrogen) atoms. The van der Waals surface area contributed by atoms with Gasteiger partial charge in [0.2, 0.25) is 5.91 Å². The molecule has 3 heterocycles. The normalized spacial score (nSPS) is 23.1. The molecule has 2 aromatic carbocycles. The minimum absolute atomic E-state index is 0.00453. The quantitative estimate of drug-likeness (QED) is 0.455. The Kier molecular flexibility index (Phi) is 8.92. The maximum absolute atomic E-state index is 15.9. The van der Waals surface area contributed by atoms with Gasteiger partial charge in [0.1, 0.15) is 17.6 Å². The summed E-state index contributed by atoms with van der Waals surface area (Å²) < 4.78 is 77.2. The van der Waals surface area contributed by atoms with Gasteiger partial charge in [0, 0.05) is 55.1 Å². The number of aliphatic imine (C=N–C) groups is 1. The van der Waals surface area contributed by atoms with Crippen LogP contribution in [0.1, 0.15) is 19.4 Å². The Labute approximate surface area is 252 Å². The van der Waals surface area contributed by atoms with E-state index in [-0.39, 0.29) is 41.5 Å². The van der Waals surface area contributed by atoms with Crippen molar-refractivity contribution in [3.63, 3.8) is 0 Å². The van der Waals surface area contributed by atoms with Gasteiger partial charge in [0.15, 0.2) is 0 Å². The summed E-state index contributed by atoms with van der Waals surface area (Å²) in [5, 5.41) is 2.60. The zero-order valence-corrected chi connectivity index (χ0v) is 24.8. The fraction of sp³-hybridized carbons (Fsp3) is 0.452. The first-order valence-corrected chi connectivity index (χ1v) is 14.3. The second-order valence-corrected chi connectivity index (χ2v) is 11.7. The van der Waals surface area contributed by atoms with Crippen molar-refractivity contribution in [3.05, 3.63) is 59.2 Å². The van der Waals surface area contributed by atoms with Gasteiger partial charge in [0.05, 0.1) is 36.2 Å². The maximum Gasteiger partial charge on any atom is 0.414 e. The number of alkyl halides is 3. The van der Waals surface area contributed by atoms with Crippen molar-refractivity contribution in [1.29, 1.82) is 0 Å². The smallest absolute Gasteiger partial charge is 0.378 e. The van der Waals surface area contributed by atoms with Crippen LogP contribution in [-0.2, 0) is 20.9 Å². The summed E-state index contributed by atoms with van der Waals surface area (Å²) in [5.41, 5.74) is -0.407. The van der Waals surface area contributed by atoms with Gasteiger partial charge in [0.25, 0.3) is 5.91 Å². The Bertz CT molecular complexity index is 1490. The summed E-state index contributed by atoms with van der Waals surface area (Å²) >= 11 is 0. The zero-order chi connectivity index (χ0) is 31.9. The molecule has 0 bridgehead atoms.